The first-order valence-corrected chi connectivity index (χ1v) is 5.32. The summed E-state index contributed by atoms with van der Waals surface area (Å²) in [6, 6.07) is 0. The summed E-state index contributed by atoms with van der Waals surface area (Å²) in [5.41, 5.74) is 0.861. The maximum atomic E-state index is 11.2. The average Bonchev–Trinajstić information content (AvgIpc) is 2.44. The number of amides is 1. The van der Waals surface area contributed by atoms with Gasteiger partial charge in [-0.2, -0.15) is 0 Å². The first kappa shape index (κ1) is 12.4. The fourth-order valence-corrected chi connectivity index (χ4v) is 1.62. The molecule has 0 unspecified atom stereocenters. The Morgan fingerprint density at radius 3 is 2.56 bits per heavy atom. The molecule has 1 aromatic rings. The van der Waals surface area contributed by atoms with E-state index < -0.39 is 18.9 Å². The van der Waals surface area contributed by atoms with Gasteiger partial charge in [-0.1, -0.05) is 0 Å². The zero-order chi connectivity index (χ0) is 12.1. The van der Waals surface area contributed by atoms with E-state index >= 15 is 0 Å². The van der Waals surface area contributed by atoms with Crippen molar-refractivity contribution in [2.75, 3.05) is 12.1 Å². The summed E-state index contributed by atoms with van der Waals surface area (Å²) in [7, 11) is 0. The van der Waals surface area contributed by atoms with Crippen LogP contribution in [0.15, 0.2) is 0 Å². The molecule has 1 heterocycles. The Hall–Kier alpha value is -1.63. The summed E-state index contributed by atoms with van der Waals surface area (Å²) in [6.45, 7) is 4.59. The van der Waals surface area contributed by atoms with Crippen LogP contribution >= 0.6 is 11.3 Å². The number of aryl methyl sites for hydroxylation is 2. The van der Waals surface area contributed by atoms with E-state index in [-0.39, 0.29) is 0 Å². The molecule has 0 aliphatic carbocycles. The molecule has 0 saturated carbocycles. The van der Waals surface area contributed by atoms with Crippen LogP contribution in [-0.4, -0.2) is 23.8 Å². The molecular weight excluding hydrogens is 232 g/mol. The first-order chi connectivity index (χ1) is 7.49. The van der Waals surface area contributed by atoms with Gasteiger partial charge in [0.2, 0.25) is 6.79 Å². The van der Waals surface area contributed by atoms with Crippen molar-refractivity contribution < 1.29 is 19.1 Å². The molecule has 0 fully saturated rings. The van der Waals surface area contributed by atoms with Crippen LogP contribution in [0.3, 0.4) is 0 Å². The molecule has 1 aromatic heterocycles. The van der Waals surface area contributed by atoms with E-state index in [2.05, 4.69) is 19.8 Å². The number of hydrogen-bond acceptors (Lipinski definition) is 6. The van der Waals surface area contributed by atoms with Crippen LogP contribution in [0.5, 0.6) is 0 Å². The van der Waals surface area contributed by atoms with Crippen LogP contribution < -0.4 is 5.32 Å². The van der Waals surface area contributed by atoms with Crippen molar-refractivity contribution in [3.63, 3.8) is 0 Å². The van der Waals surface area contributed by atoms with Gasteiger partial charge in [-0.05, 0) is 13.8 Å². The number of carbonyl (C=O) groups excluding carboxylic acids is 2. The highest BCUT2D eigenvalue weighted by atomic mass is 32.1. The highest BCUT2D eigenvalue weighted by molar-refractivity contribution is 7.15. The molecule has 0 spiro atoms. The lowest BCUT2D eigenvalue weighted by Gasteiger charge is -2.03. The number of esters is 1. The number of nitrogens with one attached hydrogen (secondary N) is 1. The molecule has 88 valence electrons. The number of nitrogens with zero attached hydrogens (tertiary/aromatic N) is 1. The van der Waals surface area contributed by atoms with Crippen molar-refractivity contribution in [3.05, 3.63) is 10.6 Å². The second kappa shape index (κ2) is 5.45. The summed E-state index contributed by atoms with van der Waals surface area (Å²) < 4.78 is 9.02. The van der Waals surface area contributed by atoms with Crippen molar-refractivity contribution in [2.24, 2.45) is 0 Å². The molecule has 6 nitrogen and oxygen atoms in total. The predicted molar refractivity (Wildman–Crippen MR) is 58.3 cm³/mol. The van der Waals surface area contributed by atoms with Gasteiger partial charge in [0.15, 0.2) is 5.13 Å². The normalized spacial score (nSPS) is 9.69. The van der Waals surface area contributed by atoms with Crippen molar-refractivity contribution in [3.8, 4) is 0 Å². The van der Waals surface area contributed by atoms with Gasteiger partial charge in [0.05, 0.1) is 5.69 Å². The molecule has 0 aliphatic rings. The third-order valence-electron chi connectivity index (χ3n) is 1.69. The Kier molecular flexibility index (Phi) is 4.24. The minimum atomic E-state index is -0.699. The summed E-state index contributed by atoms with van der Waals surface area (Å²) in [5, 5.41) is 2.89. The quantitative estimate of drug-likeness (QED) is 0.648. The largest absolute Gasteiger partial charge is 0.428 e. The average molecular weight is 244 g/mol. The summed E-state index contributed by atoms with van der Waals surface area (Å²) in [6.07, 6.45) is -0.699. The number of rotatable bonds is 3. The van der Waals surface area contributed by atoms with Crippen LogP contribution in [0.2, 0.25) is 0 Å². The van der Waals surface area contributed by atoms with Crippen molar-refractivity contribution in [2.45, 2.75) is 20.8 Å². The molecule has 16 heavy (non-hydrogen) atoms. The van der Waals surface area contributed by atoms with Gasteiger partial charge in [0, 0.05) is 11.8 Å². The van der Waals surface area contributed by atoms with E-state index in [0.717, 1.165) is 10.6 Å². The number of aromatic nitrogens is 1. The predicted octanol–water partition coefficient (Wildman–Crippen LogP) is 1.83. The van der Waals surface area contributed by atoms with Gasteiger partial charge in [-0.3, -0.25) is 10.1 Å². The van der Waals surface area contributed by atoms with E-state index in [0.29, 0.717) is 5.13 Å². The third-order valence-corrected chi connectivity index (χ3v) is 2.68. The zero-order valence-electron chi connectivity index (χ0n) is 9.20. The van der Waals surface area contributed by atoms with Crippen LogP contribution in [0.1, 0.15) is 17.5 Å². The monoisotopic (exact) mass is 244 g/mol. The van der Waals surface area contributed by atoms with Gasteiger partial charge in [0.1, 0.15) is 0 Å². The number of hydrogen-bond donors (Lipinski definition) is 1. The Morgan fingerprint density at radius 2 is 2.06 bits per heavy atom. The van der Waals surface area contributed by atoms with E-state index in [4.69, 9.17) is 0 Å². The number of anilines is 1. The highest BCUT2D eigenvalue weighted by Crippen LogP contribution is 2.20. The molecule has 1 rings (SSSR count). The Morgan fingerprint density at radius 1 is 1.38 bits per heavy atom. The van der Waals surface area contributed by atoms with Gasteiger partial charge >= 0.3 is 12.1 Å². The minimum Gasteiger partial charge on any atom is -0.428 e. The van der Waals surface area contributed by atoms with Crippen LogP contribution in [0.25, 0.3) is 0 Å². The smallest absolute Gasteiger partial charge is 0.416 e. The fraction of sp³-hybridized carbons (Fsp3) is 0.444. The second-order valence-electron chi connectivity index (χ2n) is 2.97. The number of thiazole rings is 1. The fourth-order valence-electron chi connectivity index (χ4n) is 0.816. The number of ether oxygens (including phenoxy) is 2. The molecule has 0 bridgehead atoms. The Balaban J connectivity index is 2.37. The van der Waals surface area contributed by atoms with Crippen LogP contribution in [0, 0.1) is 13.8 Å². The lowest BCUT2D eigenvalue weighted by atomic mass is 10.4. The lowest BCUT2D eigenvalue weighted by molar-refractivity contribution is -0.148. The zero-order valence-corrected chi connectivity index (χ0v) is 10.0. The topological polar surface area (TPSA) is 77.5 Å². The SMILES string of the molecule is CC(=O)OCOC(=O)Nc1nc(C)c(C)s1. The van der Waals surface area contributed by atoms with E-state index in [1.54, 1.807) is 0 Å². The van der Waals surface area contributed by atoms with Gasteiger partial charge in [-0.25, -0.2) is 9.78 Å². The van der Waals surface area contributed by atoms with Crippen LogP contribution in [-0.2, 0) is 14.3 Å². The molecule has 1 amide bonds. The highest BCUT2D eigenvalue weighted by Gasteiger charge is 2.08. The van der Waals surface area contributed by atoms with E-state index in [9.17, 15) is 9.59 Å². The lowest BCUT2D eigenvalue weighted by Crippen LogP contribution is -2.16. The van der Waals surface area contributed by atoms with Gasteiger partial charge < -0.3 is 9.47 Å². The summed E-state index contributed by atoms with van der Waals surface area (Å²) >= 11 is 1.35. The molecule has 0 atom stereocenters. The second-order valence-corrected chi connectivity index (χ2v) is 4.17. The van der Waals surface area contributed by atoms with Crippen LogP contribution in [0.4, 0.5) is 9.93 Å². The number of carbonyl (C=O) groups is 2. The standard InChI is InChI=1S/C9H12N2O4S/c1-5-6(2)16-8(10-5)11-9(13)15-4-14-7(3)12/h4H2,1-3H3,(H,10,11,13). The molecule has 7 heteroatoms. The van der Waals surface area contributed by atoms with E-state index in [1.165, 1.54) is 18.3 Å². The van der Waals surface area contributed by atoms with Crippen molar-refractivity contribution in [1.82, 2.24) is 4.98 Å². The maximum Gasteiger partial charge on any atom is 0.416 e. The molecule has 0 aromatic carbocycles. The Bertz CT molecular complexity index is 383. The van der Waals surface area contributed by atoms with Crippen molar-refractivity contribution >= 4 is 28.5 Å². The maximum absolute atomic E-state index is 11.2. The Labute approximate surface area is 96.6 Å². The van der Waals surface area contributed by atoms with Crippen molar-refractivity contribution in [1.29, 1.82) is 0 Å². The molecular formula is C9H12N2O4S. The molecule has 0 saturated heterocycles. The minimum absolute atomic E-state index is 0.398. The third kappa shape index (κ3) is 3.85. The molecule has 0 radical (unpaired) electrons. The molecule has 1 N–H and O–H groups in total. The summed E-state index contributed by atoms with van der Waals surface area (Å²) in [4.78, 5) is 26.7. The first-order valence-electron chi connectivity index (χ1n) is 4.50. The van der Waals surface area contributed by atoms with Gasteiger partial charge in [-0.15, -0.1) is 11.3 Å². The van der Waals surface area contributed by atoms with E-state index in [1.807, 2.05) is 13.8 Å². The molecule has 0 aliphatic heterocycles. The van der Waals surface area contributed by atoms with Gasteiger partial charge in [0.25, 0.3) is 0 Å². The summed E-state index contributed by atoms with van der Waals surface area (Å²) in [5.74, 6) is -0.506.